The Hall–Kier alpha value is -1.92. The van der Waals surface area contributed by atoms with Crippen LogP contribution in [0.15, 0.2) is 24.3 Å². The third-order valence-electron chi connectivity index (χ3n) is 3.72. The lowest BCUT2D eigenvalue weighted by atomic mass is 10.1. The summed E-state index contributed by atoms with van der Waals surface area (Å²) < 4.78 is 5.45. The first-order valence-electron chi connectivity index (χ1n) is 7.57. The second-order valence-corrected chi connectivity index (χ2v) is 5.65. The number of aliphatic carboxylic acids is 1. The maximum absolute atomic E-state index is 12.0. The van der Waals surface area contributed by atoms with E-state index in [0.29, 0.717) is 12.2 Å². The molecule has 0 unspecified atom stereocenters. The monoisotopic (exact) mass is 306 g/mol. The van der Waals surface area contributed by atoms with Crippen LogP contribution >= 0.6 is 0 Å². The summed E-state index contributed by atoms with van der Waals surface area (Å²) in [4.78, 5) is 23.2. The molecule has 1 fully saturated rings. The van der Waals surface area contributed by atoms with E-state index in [2.05, 4.69) is 5.32 Å². The molecule has 2 atom stereocenters. The Labute approximate surface area is 129 Å². The Morgan fingerprint density at radius 3 is 2.95 bits per heavy atom. The molecule has 22 heavy (non-hydrogen) atoms. The van der Waals surface area contributed by atoms with E-state index in [1.807, 2.05) is 25.1 Å². The van der Waals surface area contributed by atoms with Gasteiger partial charge in [-0.15, -0.1) is 0 Å². The number of aryl methyl sites for hydroxylation is 1. The van der Waals surface area contributed by atoms with Crippen LogP contribution in [0.25, 0.3) is 0 Å². The quantitative estimate of drug-likeness (QED) is 0.688. The summed E-state index contributed by atoms with van der Waals surface area (Å²) in [5.74, 6) is -1.55. The van der Waals surface area contributed by atoms with Crippen LogP contribution < -0.4 is 15.7 Å². The molecule has 1 heterocycles. The summed E-state index contributed by atoms with van der Waals surface area (Å²) in [5, 5.41) is 15.5. The lowest BCUT2D eigenvalue weighted by Crippen LogP contribution is -2.94. The predicted octanol–water partition coefficient (Wildman–Crippen LogP) is -0.815. The van der Waals surface area contributed by atoms with Crippen molar-refractivity contribution >= 4 is 17.6 Å². The van der Waals surface area contributed by atoms with E-state index in [-0.39, 0.29) is 18.4 Å². The molecule has 2 rings (SSSR count). The molecule has 1 amide bonds. The molecule has 0 aromatic heterocycles. The maximum atomic E-state index is 12.0. The molecule has 0 bridgehead atoms. The van der Waals surface area contributed by atoms with Gasteiger partial charge in [-0.25, -0.2) is 0 Å². The van der Waals surface area contributed by atoms with Gasteiger partial charge in [0, 0.05) is 12.3 Å². The number of nitrogens with two attached hydrogens (primary N) is 1. The van der Waals surface area contributed by atoms with E-state index in [0.717, 1.165) is 25.0 Å². The number of benzene rings is 1. The average Bonchev–Trinajstić information content (AvgIpc) is 2.96. The minimum Gasteiger partial charge on any atom is -0.544 e. The average molecular weight is 306 g/mol. The Morgan fingerprint density at radius 1 is 1.50 bits per heavy atom. The van der Waals surface area contributed by atoms with Crippen molar-refractivity contribution in [1.29, 1.82) is 0 Å². The van der Waals surface area contributed by atoms with E-state index in [1.165, 1.54) is 0 Å². The first kappa shape index (κ1) is 16.5. The van der Waals surface area contributed by atoms with Gasteiger partial charge in [0.15, 0.2) is 0 Å². The van der Waals surface area contributed by atoms with Crippen molar-refractivity contribution in [3.8, 4) is 0 Å². The summed E-state index contributed by atoms with van der Waals surface area (Å²) >= 11 is 0. The molecular formula is C16H22N2O4. The third kappa shape index (κ3) is 5.13. The zero-order valence-electron chi connectivity index (χ0n) is 12.7. The number of quaternary nitrogens is 1. The normalized spacial score (nSPS) is 18.9. The number of carbonyl (C=O) groups is 2. The lowest BCUT2D eigenvalue weighted by Gasteiger charge is -2.18. The zero-order valence-corrected chi connectivity index (χ0v) is 12.7. The third-order valence-corrected chi connectivity index (χ3v) is 3.72. The highest BCUT2D eigenvalue weighted by atomic mass is 16.5. The second kappa shape index (κ2) is 7.91. The van der Waals surface area contributed by atoms with Crippen molar-refractivity contribution < 1.29 is 24.7 Å². The highest BCUT2D eigenvalue weighted by Crippen LogP contribution is 2.11. The summed E-state index contributed by atoms with van der Waals surface area (Å²) in [6.07, 6.45) is 1.89. The fourth-order valence-corrected chi connectivity index (χ4v) is 2.54. The summed E-state index contributed by atoms with van der Waals surface area (Å²) in [6.45, 7) is 3.19. The topological polar surface area (TPSA) is 95.1 Å². The SMILES string of the molecule is Cc1cccc(NC(=O)C[C@H]([NH2+]C[C@@H]2CCCO2)C(=O)[O-])c1. The number of carboxylic acid groups (broad SMARTS) is 1. The van der Waals surface area contributed by atoms with Gasteiger partial charge in [-0.2, -0.15) is 0 Å². The predicted molar refractivity (Wildman–Crippen MR) is 79.0 cm³/mol. The molecule has 0 radical (unpaired) electrons. The summed E-state index contributed by atoms with van der Waals surface area (Å²) in [7, 11) is 0. The van der Waals surface area contributed by atoms with E-state index in [1.54, 1.807) is 11.4 Å². The Kier molecular flexibility index (Phi) is 5.91. The highest BCUT2D eigenvalue weighted by molar-refractivity contribution is 5.93. The summed E-state index contributed by atoms with van der Waals surface area (Å²) in [5.41, 5.74) is 1.69. The van der Waals surface area contributed by atoms with Gasteiger partial charge in [0.25, 0.3) is 0 Å². The number of carbonyl (C=O) groups excluding carboxylic acids is 2. The number of rotatable bonds is 7. The Balaban J connectivity index is 1.84. The van der Waals surface area contributed by atoms with Crippen LogP contribution in [0.2, 0.25) is 0 Å². The van der Waals surface area contributed by atoms with Gasteiger partial charge in [-0.3, -0.25) is 4.79 Å². The second-order valence-electron chi connectivity index (χ2n) is 5.65. The molecule has 0 spiro atoms. The van der Waals surface area contributed by atoms with Crippen molar-refractivity contribution in [2.45, 2.75) is 38.3 Å². The van der Waals surface area contributed by atoms with Gasteiger partial charge in [0.2, 0.25) is 5.91 Å². The number of amides is 1. The molecule has 6 nitrogen and oxygen atoms in total. The molecule has 0 aliphatic carbocycles. The molecule has 1 aromatic carbocycles. The van der Waals surface area contributed by atoms with Gasteiger partial charge in [0.1, 0.15) is 18.7 Å². The van der Waals surface area contributed by atoms with Crippen LogP contribution in [0.3, 0.4) is 0 Å². The van der Waals surface area contributed by atoms with Crippen molar-refractivity contribution in [1.82, 2.24) is 0 Å². The van der Waals surface area contributed by atoms with E-state index in [9.17, 15) is 14.7 Å². The van der Waals surface area contributed by atoms with Crippen LogP contribution in [-0.2, 0) is 14.3 Å². The van der Waals surface area contributed by atoms with Crippen LogP contribution in [-0.4, -0.2) is 37.2 Å². The molecular weight excluding hydrogens is 284 g/mol. The van der Waals surface area contributed by atoms with Gasteiger partial charge in [-0.05, 0) is 37.5 Å². The zero-order chi connectivity index (χ0) is 15.9. The van der Waals surface area contributed by atoms with E-state index < -0.39 is 12.0 Å². The molecule has 6 heteroatoms. The lowest BCUT2D eigenvalue weighted by molar-refractivity contribution is -0.687. The van der Waals surface area contributed by atoms with Crippen molar-refractivity contribution in [3.63, 3.8) is 0 Å². The summed E-state index contributed by atoms with van der Waals surface area (Å²) in [6, 6.07) is 6.48. The maximum Gasteiger partial charge on any atom is 0.230 e. The number of nitrogens with one attached hydrogen (secondary N) is 1. The Morgan fingerprint density at radius 2 is 2.32 bits per heavy atom. The largest absolute Gasteiger partial charge is 0.544 e. The first-order valence-corrected chi connectivity index (χ1v) is 7.57. The molecule has 0 saturated carbocycles. The van der Waals surface area contributed by atoms with Crippen molar-refractivity contribution in [3.05, 3.63) is 29.8 Å². The van der Waals surface area contributed by atoms with Gasteiger partial charge < -0.3 is 25.3 Å². The van der Waals surface area contributed by atoms with E-state index in [4.69, 9.17) is 4.74 Å². The minimum atomic E-state index is -1.22. The number of hydrogen-bond acceptors (Lipinski definition) is 4. The fraction of sp³-hybridized carbons (Fsp3) is 0.500. The Bertz CT molecular complexity index is 527. The molecule has 120 valence electrons. The molecule has 3 N–H and O–H groups in total. The first-order chi connectivity index (χ1) is 10.5. The molecule has 1 aliphatic rings. The van der Waals surface area contributed by atoms with Crippen LogP contribution in [0.5, 0.6) is 0 Å². The van der Waals surface area contributed by atoms with Crippen molar-refractivity contribution in [2.75, 3.05) is 18.5 Å². The minimum absolute atomic E-state index is 0.0710. The van der Waals surface area contributed by atoms with Crippen LogP contribution in [0.4, 0.5) is 5.69 Å². The molecule has 1 aliphatic heterocycles. The van der Waals surface area contributed by atoms with Crippen LogP contribution in [0.1, 0.15) is 24.8 Å². The number of anilines is 1. The number of carboxylic acids is 1. The van der Waals surface area contributed by atoms with E-state index >= 15 is 0 Å². The van der Waals surface area contributed by atoms with Crippen molar-refractivity contribution in [2.24, 2.45) is 0 Å². The number of ether oxygens (including phenoxy) is 1. The van der Waals surface area contributed by atoms with Crippen LogP contribution in [0, 0.1) is 6.92 Å². The van der Waals surface area contributed by atoms with Gasteiger partial charge in [-0.1, -0.05) is 12.1 Å². The molecule has 1 saturated heterocycles. The van der Waals surface area contributed by atoms with Gasteiger partial charge in [0.05, 0.1) is 12.4 Å². The smallest absolute Gasteiger partial charge is 0.230 e. The highest BCUT2D eigenvalue weighted by Gasteiger charge is 2.23. The standard InChI is InChI=1S/C16H22N2O4/c1-11-4-2-5-12(8-11)18-15(19)9-14(16(20)21)17-10-13-6-3-7-22-13/h2,4-5,8,13-14,17H,3,6-7,9-10H2,1H3,(H,18,19)(H,20,21)/t13-,14-/m0/s1. The fourth-order valence-electron chi connectivity index (χ4n) is 2.54. The number of hydrogen-bond donors (Lipinski definition) is 2. The molecule has 1 aromatic rings. The van der Waals surface area contributed by atoms with Gasteiger partial charge >= 0.3 is 0 Å².